The number of hydrogen-bond acceptors (Lipinski definition) is 6. The number of esters is 2. The van der Waals surface area contributed by atoms with E-state index in [0.717, 1.165) is 0 Å². The van der Waals surface area contributed by atoms with Gasteiger partial charge in [0.25, 0.3) is 0 Å². The van der Waals surface area contributed by atoms with Crippen molar-refractivity contribution in [3.05, 3.63) is 53.6 Å². The summed E-state index contributed by atoms with van der Waals surface area (Å²) >= 11 is 0. The third kappa shape index (κ3) is 4.75. The Morgan fingerprint density at radius 2 is 1.35 bits per heavy atom. The van der Waals surface area contributed by atoms with Crippen LogP contribution in [0.4, 0.5) is 0 Å². The van der Waals surface area contributed by atoms with Gasteiger partial charge in [0, 0.05) is 0 Å². The van der Waals surface area contributed by atoms with Gasteiger partial charge in [-0.1, -0.05) is 19.9 Å². The molecule has 0 atom stereocenters. The first-order valence-corrected chi connectivity index (χ1v) is 8.16. The average molecular weight is 358 g/mol. The summed E-state index contributed by atoms with van der Waals surface area (Å²) in [5, 5.41) is 0. The summed E-state index contributed by atoms with van der Waals surface area (Å²) in [7, 11) is 2.95. The largest absolute Gasteiger partial charge is 0.493 e. The monoisotopic (exact) mass is 358 g/mol. The Balaban J connectivity index is 2.13. The number of ether oxygens (including phenoxy) is 4. The molecule has 0 aliphatic carbocycles. The van der Waals surface area contributed by atoms with Gasteiger partial charge < -0.3 is 18.9 Å². The highest BCUT2D eigenvalue weighted by Gasteiger charge is 2.17. The molecule has 0 saturated carbocycles. The Morgan fingerprint density at radius 3 is 1.81 bits per heavy atom. The molecule has 138 valence electrons. The highest BCUT2D eigenvalue weighted by molar-refractivity contribution is 5.94. The quantitative estimate of drug-likeness (QED) is 0.555. The van der Waals surface area contributed by atoms with Crippen molar-refractivity contribution >= 4 is 11.9 Å². The van der Waals surface area contributed by atoms with E-state index >= 15 is 0 Å². The molecule has 0 spiro atoms. The first-order valence-electron chi connectivity index (χ1n) is 8.16. The van der Waals surface area contributed by atoms with Crippen molar-refractivity contribution in [2.24, 2.45) is 5.92 Å². The molecule has 0 aliphatic heterocycles. The van der Waals surface area contributed by atoms with Crippen LogP contribution in [0.15, 0.2) is 42.5 Å². The molecule has 0 unspecified atom stereocenters. The van der Waals surface area contributed by atoms with Crippen molar-refractivity contribution in [3.63, 3.8) is 0 Å². The molecule has 26 heavy (non-hydrogen) atoms. The molecule has 0 fully saturated rings. The summed E-state index contributed by atoms with van der Waals surface area (Å²) in [6.07, 6.45) is 0. The second kappa shape index (κ2) is 8.89. The molecule has 0 aliphatic rings. The van der Waals surface area contributed by atoms with Gasteiger partial charge in [-0.15, -0.1) is 0 Å². The van der Waals surface area contributed by atoms with Crippen molar-refractivity contribution in [2.75, 3.05) is 20.8 Å². The molecule has 0 aromatic heterocycles. The lowest BCUT2D eigenvalue weighted by Gasteiger charge is -2.13. The maximum Gasteiger partial charge on any atom is 0.343 e. The third-order valence-corrected chi connectivity index (χ3v) is 3.48. The fourth-order valence-corrected chi connectivity index (χ4v) is 2.14. The lowest BCUT2D eigenvalue weighted by atomic mass is 10.1. The fourth-order valence-electron chi connectivity index (χ4n) is 2.14. The molecule has 2 rings (SSSR count). The maximum absolute atomic E-state index is 12.4. The molecular weight excluding hydrogens is 336 g/mol. The summed E-state index contributed by atoms with van der Waals surface area (Å²) in [5.74, 6) is 0.199. The number of methoxy groups -OCH3 is 2. The third-order valence-electron chi connectivity index (χ3n) is 3.48. The molecular formula is C20H22O6. The van der Waals surface area contributed by atoms with Crippen molar-refractivity contribution in [3.8, 4) is 17.2 Å². The SMILES string of the molecule is COc1cccc(OC)c1OC(=O)c1ccc(C(=O)OCC(C)C)cc1. The summed E-state index contributed by atoms with van der Waals surface area (Å²) < 4.78 is 21.0. The summed E-state index contributed by atoms with van der Waals surface area (Å²) in [5.41, 5.74) is 0.662. The van der Waals surface area contributed by atoms with Gasteiger partial charge in [-0.3, -0.25) is 0 Å². The summed E-state index contributed by atoms with van der Waals surface area (Å²) in [6, 6.07) is 11.1. The minimum atomic E-state index is -0.588. The minimum Gasteiger partial charge on any atom is -0.493 e. The molecule has 0 bridgehead atoms. The van der Waals surface area contributed by atoms with E-state index in [1.165, 1.54) is 38.5 Å². The van der Waals surface area contributed by atoms with Crippen molar-refractivity contribution in [1.29, 1.82) is 0 Å². The van der Waals surface area contributed by atoms with Crippen LogP contribution in [-0.4, -0.2) is 32.8 Å². The molecule has 0 heterocycles. The first kappa shape index (κ1) is 19.3. The van der Waals surface area contributed by atoms with Gasteiger partial charge in [-0.25, -0.2) is 9.59 Å². The van der Waals surface area contributed by atoms with Crippen LogP contribution in [0.2, 0.25) is 0 Å². The van der Waals surface area contributed by atoms with Gasteiger partial charge in [-0.05, 0) is 42.3 Å². The van der Waals surface area contributed by atoms with Crippen LogP contribution in [0.25, 0.3) is 0 Å². The second-order valence-corrected chi connectivity index (χ2v) is 5.95. The van der Waals surface area contributed by atoms with E-state index in [9.17, 15) is 9.59 Å². The van der Waals surface area contributed by atoms with E-state index in [1.54, 1.807) is 18.2 Å². The van der Waals surface area contributed by atoms with Gasteiger partial charge in [0.1, 0.15) is 0 Å². The molecule has 2 aromatic carbocycles. The van der Waals surface area contributed by atoms with Crippen LogP contribution in [0.1, 0.15) is 34.6 Å². The zero-order chi connectivity index (χ0) is 19.1. The Labute approximate surface area is 152 Å². The van der Waals surface area contributed by atoms with E-state index in [0.29, 0.717) is 29.2 Å². The topological polar surface area (TPSA) is 71.1 Å². The van der Waals surface area contributed by atoms with Crippen LogP contribution in [-0.2, 0) is 4.74 Å². The molecule has 0 saturated heterocycles. The smallest absolute Gasteiger partial charge is 0.343 e. The highest BCUT2D eigenvalue weighted by Crippen LogP contribution is 2.37. The molecule has 2 aromatic rings. The number of carbonyl (C=O) groups excluding carboxylic acids is 2. The van der Waals surface area contributed by atoms with Crippen LogP contribution >= 0.6 is 0 Å². The number of hydrogen-bond donors (Lipinski definition) is 0. The number of rotatable bonds is 7. The predicted molar refractivity (Wildman–Crippen MR) is 96.1 cm³/mol. The van der Waals surface area contributed by atoms with Crippen LogP contribution in [0, 0.1) is 5.92 Å². The van der Waals surface area contributed by atoms with Crippen LogP contribution in [0.5, 0.6) is 17.2 Å². The van der Waals surface area contributed by atoms with Gasteiger partial charge in [0.2, 0.25) is 5.75 Å². The second-order valence-electron chi connectivity index (χ2n) is 5.95. The fraction of sp³-hybridized carbons (Fsp3) is 0.300. The van der Waals surface area contributed by atoms with E-state index in [-0.39, 0.29) is 11.7 Å². The first-order chi connectivity index (χ1) is 12.5. The normalized spacial score (nSPS) is 10.3. The van der Waals surface area contributed by atoms with Gasteiger partial charge in [0.15, 0.2) is 11.5 Å². The highest BCUT2D eigenvalue weighted by atomic mass is 16.6. The Morgan fingerprint density at radius 1 is 0.846 bits per heavy atom. The van der Waals surface area contributed by atoms with Crippen LogP contribution in [0.3, 0.4) is 0 Å². The van der Waals surface area contributed by atoms with Gasteiger partial charge >= 0.3 is 11.9 Å². The zero-order valence-electron chi connectivity index (χ0n) is 15.3. The lowest BCUT2D eigenvalue weighted by Crippen LogP contribution is -2.12. The Bertz CT molecular complexity index is 742. The molecule has 0 radical (unpaired) electrons. The standard InChI is InChI=1S/C20H22O6/c1-13(2)12-25-19(21)14-8-10-15(11-9-14)20(22)26-18-16(23-3)6-5-7-17(18)24-4/h5-11,13H,12H2,1-4H3. The number of para-hydroxylation sites is 1. The van der Waals surface area contributed by atoms with E-state index in [1.807, 2.05) is 13.8 Å². The molecule has 6 heteroatoms. The van der Waals surface area contributed by atoms with Crippen molar-refractivity contribution in [2.45, 2.75) is 13.8 Å². The minimum absolute atomic E-state index is 0.197. The molecule has 0 N–H and O–H groups in total. The Hall–Kier alpha value is -3.02. The maximum atomic E-state index is 12.4. The zero-order valence-corrected chi connectivity index (χ0v) is 15.3. The summed E-state index contributed by atoms with van der Waals surface area (Å²) in [6.45, 7) is 4.26. The lowest BCUT2D eigenvalue weighted by molar-refractivity contribution is 0.0458. The summed E-state index contributed by atoms with van der Waals surface area (Å²) in [4.78, 5) is 24.3. The van der Waals surface area contributed by atoms with Gasteiger partial charge in [0.05, 0.1) is 32.0 Å². The van der Waals surface area contributed by atoms with Gasteiger partial charge in [-0.2, -0.15) is 0 Å². The van der Waals surface area contributed by atoms with E-state index in [2.05, 4.69) is 0 Å². The van der Waals surface area contributed by atoms with E-state index < -0.39 is 11.9 Å². The predicted octanol–water partition coefficient (Wildman–Crippen LogP) is 3.74. The number of benzene rings is 2. The molecule has 6 nitrogen and oxygen atoms in total. The van der Waals surface area contributed by atoms with Crippen LogP contribution < -0.4 is 14.2 Å². The average Bonchev–Trinajstić information content (AvgIpc) is 2.66. The van der Waals surface area contributed by atoms with Crippen molar-refractivity contribution < 1.29 is 28.5 Å². The Kier molecular flexibility index (Phi) is 6.60. The number of carbonyl (C=O) groups is 2. The molecule has 0 amide bonds. The van der Waals surface area contributed by atoms with E-state index in [4.69, 9.17) is 18.9 Å². The van der Waals surface area contributed by atoms with Crippen molar-refractivity contribution in [1.82, 2.24) is 0 Å².